The number of carbonyl (C=O) groups excluding carboxylic acids is 1. The summed E-state index contributed by atoms with van der Waals surface area (Å²) in [4.78, 5) is 19.6. The third-order valence-corrected chi connectivity index (χ3v) is 5.96. The Morgan fingerprint density at radius 1 is 1.48 bits per heavy atom. The summed E-state index contributed by atoms with van der Waals surface area (Å²) in [5.74, 6) is -1.18. The number of likely N-dealkylation sites (N-methyl/N-ethyl adjacent to an activating group) is 1. The Hall–Kier alpha value is -1.59. The molecule has 2 heterocycles. The predicted octanol–water partition coefficient (Wildman–Crippen LogP) is 3.67. The number of carbonyl (C=O) groups is 1. The molecule has 0 unspecified atom stereocenters. The van der Waals surface area contributed by atoms with Gasteiger partial charge in [-0.15, -0.1) is 0 Å². The zero-order chi connectivity index (χ0) is 23.6. The summed E-state index contributed by atoms with van der Waals surface area (Å²) >= 11 is 3.59. The molecule has 0 saturated carbocycles. The molecule has 0 saturated heterocycles. The van der Waals surface area contributed by atoms with Gasteiger partial charge in [-0.2, -0.15) is 0 Å². The maximum absolute atomic E-state index is 13.3. The molecule has 2 aliphatic rings. The lowest BCUT2D eigenvalue weighted by molar-refractivity contribution is -0.134. The van der Waals surface area contributed by atoms with Crippen LogP contribution in [0.3, 0.4) is 0 Å². The van der Waals surface area contributed by atoms with Gasteiger partial charge in [-0.25, -0.2) is 0 Å². The summed E-state index contributed by atoms with van der Waals surface area (Å²) < 4.78 is 54.4. The molecule has 1 amide bonds. The highest BCUT2D eigenvalue weighted by molar-refractivity contribution is 9.10. The Balaban J connectivity index is 1.76. The molecule has 0 bridgehead atoms. The molecule has 1 aromatic heterocycles. The summed E-state index contributed by atoms with van der Waals surface area (Å²) in [6.45, 7) is -5.79. The average Bonchev–Trinajstić information content (AvgIpc) is 2.94. The van der Waals surface area contributed by atoms with Crippen molar-refractivity contribution in [1.29, 1.82) is 0 Å². The molecule has 0 spiro atoms. The second-order valence-electron chi connectivity index (χ2n) is 6.66. The number of nitrogens with zero attached hydrogens (tertiary/aromatic N) is 2. The first-order valence-electron chi connectivity index (χ1n) is 11.8. The number of aromatic nitrogens is 1. The van der Waals surface area contributed by atoms with E-state index in [0.717, 1.165) is 43.5 Å². The highest BCUT2D eigenvalue weighted by Gasteiger charge is 2.37. The number of aromatic amines is 1. The van der Waals surface area contributed by atoms with Crippen molar-refractivity contribution < 1.29 is 14.4 Å². The van der Waals surface area contributed by atoms with E-state index in [1.807, 2.05) is 18.0 Å². The zero-order valence-corrected chi connectivity index (χ0v) is 15.5. The third-order valence-electron chi connectivity index (χ3n) is 5.28. The van der Waals surface area contributed by atoms with Crippen molar-refractivity contribution in [2.75, 3.05) is 26.7 Å². The number of benzene rings is 1. The number of nitrogens with one attached hydrogen (secondary N) is 1. The van der Waals surface area contributed by atoms with E-state index in [2.05, 4.69) is 20.9 Å². The van der Waals surface area contributed by atoms with Crippen LogP contribution >= 0.6 is 15.9 Å². The number of halogens is 1. The highest BCUT2D eigenvalue weighted by atomic mass is 79.9. The third kappa shape index (κ3) is 2.56. The van der Waals surface area contributed by atoms with Gasteiger partial charge in [0.1, 0.15) is 0 Å². The van der Waals surface area contributed by atoms with Gasteiger partial charge in [-0.05, 0) is 65.9 Å². The Bertz CT molecular complexity index is 1090. The van der Waals surface area contributed by atoms with Crippen LogP contribution in [0, 0.1) is 5.92 Å². The molecule has 0 radical (unpaired) electrons. The molecule has 0 fully saturated rings. The Kier molecular flexibility index (Phi) is 2.65. The van der Waals surface area contributed by atoms with E-state index in [0.29, 0.717) is 12.6 Å². The van der Waals surface area contributed by atoms with Gasteiger partial charge in [0.25, 0.3) is 0 Å². The molecule has 1 aromatic carbocycles. The molecular formula is C20H24BrN3O. The van der Waals surface area contributed by atoms with Gasteiger partial charge < -0.3 is 9.88 Å². The van der Waals surface area contributed by atoms with Gasteiger partial charge in [0.15, 0.2) is 0 Å². The fraction of sp³-hybridized carbons (Fsp3) is 0.450. The van der Waals surface area contributed by atoms with Crippen molar-refractivity contribution in [2.45, 2.75) is 26.2 Å². The maximum atomic E-state index is 13.3. The highest BCUT2D eigenvalue weighted by Crippen LogP contribution is 2.43. The molecule has 4 rings (SSSR count). The topological polar surface area (TPSA) is 39.3 Å². The van der Waals surface area contributed by atoms with Gasteiger partial charge in [0, 0.05) is 44.8 Å². The molecule has 1 aliphatic heterocycles. The van der Waals surface area contributed by atoms with Crippen LogP contribution < -0.4 is 0 Å². The number of rotatable bonds is 3. The van der Waals surface area contributed by atoms with E-state index in [-0.39, 0.29) is 6.04 Å². The number of amides is 1. The lowest BCUT2D eigenvalue weighted by Crippen LogP contribution is -2.47. The van der Waals surface area contributed by atoms with Gasteiger partial charge in [-0.3, -0.25) is 9.69 Å². The Morgan fingerprint density at radius 3 is 3.04 bits per heavy atom. The molecule has 132 valence electrons. The second kappa shape index (κ2) is 6.29. The SMILES string of the molecule is [2H]c1cc2c3c(c(Br)[nH]c3c1)C[C@@H]1C2=C[C@@H](C(=O)N(CC([2H])([2H])[2H])CC([2H])([2H])[2H])CN1C. The lowest BCUT2D eigenvalue weighted by Gasteiger charge is -2.40. The molecular weight excluding hydrogens is 378 g/mol. The minimum Gasteiger partial charge on any atom is -0.349 e. The van der Waals surface area contributed by atoms with Crippen molar-refractivity contribution in [1.82, 2.24) is 14.8 Å². The Morgan fingerprint density at radius 2 is 2.28 bits per heavy atom. The number of fused-ring (bicyclic) bond motifs is 2. The van der Waals surface area contributed by atoms with Crippen LogP contribution in [0.1, 0.15) is 34.4 Å². The smallest absolute Gasteiger partial charge is 0.230 e. The van der Waals surface area contributed by atoms with E-state index < -0.39 is 38.6 Å². The number of H-pyrrole nitrogens is 1. The van der Waals surface area contributed by atoms with Gasteiger partial charge in [0.05, 0.1) is 11.9 Å². The molecule has 4 nitrogen and oxygen atoms in total. The summed E-state index contributed by atoms with van der Waals surface area (Å²) in [5.41, 5.74) is 3.76. The van der Waals surface area contributed by atoms with Crippen LogP contribution in [0.5, 0.6) is 0 Å². The van der Waals surface area contributed by atoms with E-state index in [4.69, 9.17) is 9.60 Å². The van der Waals surface area contributed by atoms with E-state index in [9.17, 15) is 4.79 Å². The second-order valence-corrected chi connectivity index (χ2v) is 7.45. The summed E-state index contributed by atoms with van der Waals surface area (Å²) in [7, 11) is 1.91. The van der Waals surface area contributed by atoms with Gasteiger partial charge in [-0.1, -0.05) is 18.2 Å². The van der Waals surface area contributed by atoms with Gasteiger partial charge in [0.2, 0.25) is 5.91 Å². The fourth-order valence-electron chi connectivity index (χ4n) is 4.02. The molecule has 1 aliphatic carbocycles. The quantitative estimate of drug-likeness (QED) is 0.841. The first-order chi connectivity index (χ1) is 14.7. The zero-order valence-electron chi connectivity index (χ0n) is 20.9. The first kappa shape index (κ1) is 10.5. The van der Waals surface area contributed by atoms with E-state index >= 15 is 0 Å². The maximum Gasteiger partial charge on any atom is 0.230 e. The summed E-state index contributed by atoms with van der Waals surface area (Å²) in [6.07, 6.45) is 2.57. The van der Waals surface area contributed by atoms with Crippen LogP contribution in [0.25, 0.3) is 16.5 Å². The first-order valence-corrected chi connectivity index (χ1v) is 9.05. The van der Waals surface area contributed by atoms with Crippen molar-refractivity contribution in [3.8, 4) is 0 Å². The molecule has 2 aromatic rings. The van der Waals surface area contributed by atoms with Crippen LogP contribution in [-0.4, -0.2) is 53.4 Å². The van der Waals surface area contributed by atoms with E-state index in [1.165, 1.54) is 0 Å². The summed E-state index contributed by atoms with van der Waals surface area (Å²) in [5, 5.41) is 1.01. The molecule has 1 N–H and O–H groups in total. The normalized spacial score (nSPS) is 27.8. The number of hydrogen-bond donors (Lipinski definition) is 1. The monoisotopic (exact) mass is 408 g/mol. The fourth-order valence-corrected chi connectivity index (χ4v) is 4.60. The average molecular weight is 409 g/mol. The minimum atomic E-state index is -2.46. The van der Waals surface area contributed by atoms with Crippen molar-refractivity contribution in [3.05, 3.63) is 40.0 Å². The van der Waals surface area contributed by atoms with Gasteiger partial charge >= 0.3 is 0 Å². The minimum absolute atomic E-state index is 0.00216. The van der Waals surface area contributed by atoms with Crippen LogP contribution in [0.2, 0.25) is 0 Å². The van der Waals surface area contributed by atoms with Crippen LogP contribution in [0.4, 0.5) is 0 Å². The van der Waals surface area contributed by atoms with E-state index in [1.54, 1.807) is 12.1 Å². The molecule has 2 atom stereocenters. The largest absolute Gasteiger partial charge is 0.349 e. The standard InChI is InChI=1S/C20H24BrN3O/c1-4-24(5-2)20(25)12-9-14-13-7-6-8-16-18(13)15(19(21)22-16)10-17(14)23(3)11-12/h6-9,12,17,22H,4-5,10-11H2,1-3H3/t12-,17-/m1/s1/i1D3,2D3,6D. The predicted molar refractivity (Wildman–Crippen MR) is 106 cm³/mol. The number of hydrogen-bond acceptors (Lipinski definition) is 2. The van der Waals surface area contributed by atoms with Crippen molar-refractivity contribution in [2.24, 2.45) is 5.92 Å². The van der Waals surface area contributed by atoms with Crippen molar-refractivity contribution >= 4 is 38.3 Å². The van der Waals surface area contributed by atoms with Crippen LogP contribution in [0.15, 0.2) is 28.9 Å². The molecule has 25 heavy (non-hydrogen) atoms. The molecule has 5 heteroatoms. The van der Waals surface area contributed by atoms with Crippen molar-refractivity contribution in [3.63, 3.8) is 0 Å². The summed E-state index contributed by atoms with van der Waals surface area (Å²) in [6, 6.07) is 3.89. The Labute approximate surface area is 166 Å². The lowest BCUT2D eigenvalue weighted by atomic mass is 9.79. The van der Waals surface area contributed by atoms with Crippen LogP contribution in [-0.2, 0) is 11.2 Å².